The number of non-ortho nitro benzene ring substituents is 1. The number of hydroxylamine groups is 2. The second-order valence-corrected chi connectivity index (χ2v) is 15.1. The molecule has 1 heterocycles. The van der Waals surface area contributed by atoms with Gasteiger partial charge in [-0.05, 0) is 0 Å². The first-order valence-electron chi connectivity index (χ1n) is 11.1. The van der Waals surface area contributed by atoms with Crippen molar-refractivity contribution in [2.24, 2.45) is 0 Å². The minimum Gasteiger partial charge on any atom is -0.365 e. The number of rotatable bonds is 14. The molecule has 0 N–H and O–H groups in total. The molecule has 0 spiro atoms. The van der Waals surface area contributed by atoms with Crippen LogP contribution in [0.1, 0.15) is 5.56 Å². The van der Waals surface area contributed by atoms with E-state index in [1.165, 1.54) is 4.90 Å². The Bertz CT molecular complexity index is 1540. The van der Waals surface area contributed by atoms with Crippen LogP contribution < -0.4 is 4.90 Å². The molecule has 40 heavy (non-hydrogen) atoms. The van der Waals surface area contributed by atoms with Crippen molar-refractivity contribution in [1.82, 2.24) is 9.37 Å². The number of hydrogen-bond donors (Lipinski definition) is 0. The van der Waals surface area contributed by atoms with Gasteiger partial charge in [0.1, 0.15) is 4.90 Å². The molecule has 1 aromatic carbocycles. The maximum absolute atomic E-state index is 13.8. The standard InChI is InChI=1S/C19H28N4O13S4/c1-5-16-14-17(23(24)25)15-18(40(32,33)22-8-6-21(7-9-22)36-39(4,30)31)19(16)20(10-12-34-37(2,26)27)11-13-35-38(3,28)29/h1,14-15H,6-13H2,2-4H3. The minimum atomic E-state index is -4.56. The van der Waals surface area contributed by atoms with Crippen molar-refractivity contribution in [3.63, 3.8) is 0 Å². The fourth-order valence-corrected chi connectivity index (χ4v) is 6.54. The fourth-order valence-electron chi connectivity index (χ4n) is 3.58. The van der Waals surface area contributed by atoms with Crippen molar-refractivity contribution in [1.29, 1.82) is 0 Å². The normalized spacial score (nSPS) is 15.9. The van der Waals surface area contributed by atoms with E-state index < -0.39 is 69.1 Å². The quantitative estimate of drug-likeness (QED) is 0.0974. The van der Waals surface area contributed by atoms with Gasteiger partial charge in [0.2, 0.25) is 10.0 Å². The summed E-state index contributed by atoms with van der Waals surface area (Å²) in [5, 5.41) is 12.6. The van der Waals surface area contributed by atoms with E-state index in [0.717, 1.165) is 40.3 Å². The second-order valence-electron chi connectivity index (χ2n) is 8.39. The third-order valence-electron chi connectivity index (χ3n) is 5.12. The molecule has 17 nitrogen and oxygen atoms in total. The van der Waals surface area contributed by atoms with E-state index in [1.54, 1.807) is 0 Å². The molecule has 1 aliphatic heterocycles. The second kappa shape index (κ2) is 13.0. The predicted molar refractivity (Wildman–Crippen MR) is 141 cm³/mol. The highest BCUT2D eigenvalue weighted by atomic mass is 32.2. The number of hydrogen-bond acceptors (Lipinski definition) is 15. The summed E-state index contributed by atoms with van der Waals surface area (Å²) in [6, 6.07) is 1.71. The number of nitro benzene ring substituents is 1. The van der Waals surface area contributed by atoms with Crippen LogP contribution in [-0.4, -0.2) is 119 Å². The topological polar surface area (TPSA) is 217 Å². The highest BCUT2D eigenvalue weighted by molar-refractivity contribution is 7.89. The number of benzene rings is 1. The molecule has 0 aliphatic carbocycles. The Kier molecular flexibility index (Phi) is 11.0. The van der Waals surface area contributed by atoms with Crippen LogP contribution in [0.4, 0.5) is 11.4 Å². The van der Waals surface area contributed by atoms with Gasteiger partial charge in [-0.25, -0.2) is 8.42 Å². The monoisotopic (exact) mass is 648 g/mol. The van der Waals surface area contributed by atoms with Gasteiger partial charge < -0.3 is 4.90 Å². The van der Waals surface area contributed by atoms with Crippen LogP contribution in [-0.2, 0) is 53.0 Å². The zero-order chi connectivity index (χ0) is 30.5. The molecule has 0 unspecified atom stereocenters. The van der Waals surface area contributed by atoms with Crippen molar-refractivity contribution in [3.8, 4) is 12.3 Å². The maximum atomic E-state index is 13.8. The van der Waals surface area contributed by atoms with Crippen molar-refractivity contribution in [2.45, 2.75) is 4.90 Å². The number of nitrogens with zero attached hydrogens (tertiary/aromatic N) is 4. The zero-order valence-electron chi connectivity index (χ0n) is 21.6. The fraction of sp³-hybridized carbons (Fsp3) is 0.579. The summed E-state index contributed by atoms with van der Waals surface area (Å²) in [4.78, 5) is 11.3. The Morgan fingerprint density at radius 2 is 1.40 bits per heavy atom. The lowest BCUT2D eigenvalue weighted by Gasteiger charge is -2.34. The Balaban J connectivity index is 2.60. The lowest BCUT2D eigenvalue weighted by atomic mass is 10.1. The molecule has 21 heteroatoms. The third-order valence-corrected chi connectivity index (χ3v) is 8.70. The Morgan fingerprint density at radius 3 is 1.80 bits per heavy atom. The molecule has 0 amide bonds. The minimum absolute atomic E-state index is 0.160. The van der Waals surface area contributed by atoms with Gasteiger partial charge in [0.15, 0.2) is 0 Å². The number of sulfonamides is 1. The average Bonchev–Trinajstić information content (AvgIpc) is 2.80. The smallest absolute Gasteiger partial charge is 0.280 e. The van der Waals surface area contributed by atoms with Crippen LogP contribution in [0.15, 0.2) is 17.0 Å². The molecule has 1 fully saturated rings. The molecule has 1 aliphatic rings. The van der Waals surface area contributed by atoms with Gasteiger partial charge in [0.25, 0.3) is 36.0 Å². The Hall–Kier alpha value is -2.42. The summed E-state index contributed by atoms with van der Waals surface area (Å²) in [5.74, 6) is 2.19. The van der Waals surface area contributed by atoms with E-state index in [0.29, 0.717) is 0 Å². The van der Waals surface area contributed by atoms with Gasteiger partial charge in [0.05, 0.1) is 48.2 Å². The SMILES string of the molecule is C#Cc1cc([N+](=O)[O-])cc(S(=O)(=O)N2CCN(OS(C)(=O)=O)CC2)c1N(CCOS(C)(=O)=O)CCOS(C)(=O)=O. The van der Waals surface area contributed by atoms with E-state index in [9.17, 15) is 43.8 Å². The van der Waals surface area contributed by atoms with Gasteiger partial charge in [-0.2, -0.15) is 38.9 Å². The van der Waals surface area contributed by atoms with Crippen molar-refractivity contribution >= 4 is 51.8 Å². The molecular weight excluding hydrogens is 620 g/mol. The van der Waals surface area contributed by atoms with E-state index in [2.05, 4.69) is 5.92 Å². The molecule has 0 radical (unpaired) electrons. The van der Waals surface area contributed by atoms with E-state index in [1.807, 2.05) is 0 Å². The number of anilines is 1. The number of terminal acetylenes is 1. The lowest BCUT2D eigenvalue weighted by Crippen LogP contribution is -2.49. The summed E-state index contributed by atoms with van der Waals surface area (Å²) in [7, 11) is -16.3. The van der Waals surface area contributed by atoms with E-state index in [-0.39, 0.29) is 50.5 Å². The molecule has 0 aromatic heterocycles. The van der Waals surface area contributed by atoms with Crippen LogP contribution in [0.2, 0.25) is 0 Å². The first kappa shape index (κ1) is 33.8. The Morgan fingerprint density at radius 1 is 0.900 bits per heavy atom. The summed E-state index contributed by atoms with van der Waals surface area (Å²) in [5.41, 5.74) is -1.17. The summed E-state index contributed by atoms with van der Waals surface area (Å²) in [6.07, 6.45) is 7.97. The van der Waals surface area contributed by atoms with Crippen LogP contribution in [0.25, 0.3) is 0 Å². The molecule has 226 valence electrons. The summed E-state index contributed by atoms with van der Waals surface area (Å²) in [6.45, 7) is -2.56. The van der Waals surface area contributed by atoms with Crippen molar-refractivity contribution in [3.05, 3.63) is 27.8 Å². The van der Waals surface area contributed by atoms with Crippen molar-refractivity contribution in [2.75, 3.05) is 76.1 Å². The predicted octanol–water partition coefficient (Wildman–Crippen LogP) is -1.47. The van der Waals surface area contributed by atoms with Gasteiger partial charge in [-0.15, -0.1) is 6.42 Å². The summed E-state index contributed by atoms with van der Waals surface area (Å²) < 4.78 is 111. The van der Waals surface area contributed by atoms with E-state index >= 15 is 0 Å². The highest BCUT2D eigenvalue weighted by Gasteiger charge is 2.35. The molecule has 2 rings (SSSR count). The molecule has 1 aromatic rings. The van der Waals surface area contributed by atoms with Crippen LogP contribution in [0.3, 0.4) is 0 Å². The third kappa shape index (κ3) is 10.2. The molecule has 1 saturated heterocycles. The molecule has 0 saturated carbocycles. The largest absolute Gasteiger partial charge is 0.365 e. The van der Waals surface area contributed by atoms with Gasteiger partial charge in [-0.1, -0.05) is 5.92 Å². The summed E-state index contributed by atoms with van der Waals surface area (Å²) >= 11 is 0. The lowest BCUT2D eigenvalue weighted by molar-refractivity contribution is -0.385. The first-order valence-corrected chi connectivity index (χ1v) is 18.0. The van der Waals surface area contributed by atoms with Crippen molar-refractivity contribution < 1.29 is 51.2 Å². The highest BCUT2D eigenvalue weighted by Crippen LogP contribution is 2.35. The number of nitro groups is 1. The van der Waals surface area contributed by atoms with Crippen LogP contribution >= 0.6 is 0 Å². The van der Waals surface area contributed by atoms with Crippen LogP contribution in [0.5, 0.6) is 0 Å². The maximum Gasteiger partial charge on any atom is 0.280 e. The molecule has 0 bridgehead atoms. The number of piperazine rings is 1. The first-order chi connectivity index (χ1) is 18.2. The van der Waals surface area contributed by atoms with Gasteiger partial charge in [0, 0.05) is 51.4 Å². The van der Waals surface area contributed by atoms with Crippen LogP contribution in [0, 0.1) is 22.5 Å². The average molecular weight is 649 g/mol. The van der Waals surface area contributed by atoms with Gasteiger partial charge in [-0.3, -0.25) is 18.5 Å². The molecular formula is C19H28N4O13S4. The van der Waals surface area contributed by atoms with Gasteiger partial charge >= 0.3 is 0 Å². The zero-order valence-corrected chi connectivity index (χ0v) is 24.9. The Labute approximate surface area is 233 Å². The molecule has 0 atom stereocenters. The van der Waals surface area contributed by atoms with E-state index in [4.69, 9.17) is 19.1 Å².